The van der Waals surface area contributed by atoms with Crippen LogP contribution in [0.15, 0.2) is 17.8 Å². The zero-order valence-corrected chi connectivity index (χ0v) is 12.1. The second-order valence-electron chi connectivity index (χ2n) is 4.14. The number of nitrogens with one attached hydrogen (secondary N) is 1. The van der Waals surface area contributed by atoms with Gasteiger partial charge in [0.25, 0.3) is 0 Å². The van der Waals surface area contributed by atoms with Crippen LogP contribution in [0.3, 0.4) is 0 Å². The number of nitrogens with zero attached hydrogens (tertiary/aromatic N) is 3. The van der Waals surface area contributed by atoms with E-state index >= 15 is 0 Å². The molecular weight excluding hydrogens is 268 g/mol. The molecular formula is C12H17ClN4S. The van der Waals surface area contributed by atoms with E-state index in [0.29, 0.717) is 0 Å². The van der Waals surface area contributed by atoms with Crippen LogP contribution in [0, 0.1) is 0 Å². The van der Waals surface area contributed by atoms with Gasteiger partial charge in [-0.2, -0.15) is 5.10 Å². The number of halogens is 1. The standard InChI is InChI=1S/C12H17ClN4S/c1-3-5-14-10(12-9(13)4-6-18-12)7-11-15-8-16-17(11)2/h4,6,8,10,14H,3,5,7H2,1-2H3. The Hall–Kier alpha value is -0.910. The molecule has 0 aliphatic rings. The van der Waals surface area contributed by atoms with Gasteiger partial charge in [0.05, 0.1) is 11.1 Å². The van der Waals surface area contributed by atoms with E-state index in [1.165, 1.54) is 4.88 Å². The van der Waals surface area contributed by atoms with E-state index in [1.54, 1.807) is 17.7 Å². The molecule has 98 valence electrons. The highest BCUT2D eigenvalue weighted by Crippen LogP contribution is 2.30. The van der Waals surface area contributed by atoms with Crippen LogP contribution < -0.4 is 5.32 Å². The van der Waals surface area contributed by atoms with Crippen LogP contribution in [-0.4, -0.2) is 21.3 Å². The minimum absolute atomic E-state index is 0.209. The molecule has 0 saturated carbocycles. The molecule has 0 aliphatic heterocycles. The maximum Gasteiger partial charge on any atom is 0.138 e. The van der Waals surface area contributed by atoms with Crippen molar-refractivity contribution in [3.8, 4) is 0 Å². The normalized spacial score (nSPS) is 12.8. The molecule has 2 heterocycles. The quantitative estimate of drug-likeness (QED) is 0.887. The molecule has 0 fully saturated rings. The van der Waals surface area contributed by atoms with Gasteiger partial charge < -0.3 is 5.32 Å². The molecule has 2 aromatic rings. The third kappa shape index (κ3) is 3.10. The van der Waals surface area contributed by atoms with E-state index in [-0.39, 0.29) is 6.04 Å². The molecule has 2 aromatic heterocycles. The van der Waals surface area contributed by atoms with Gasteiger partial charge in [0.15, 0.2) is 0 Å². The lowest BCUT2D eigenvalue weighted by Crippen LogP contribution is -2.24. The number of aryl methyl sites for hydroxylation is 1. The molecule has 1 N–H and O–H groups in total. The van der Waals surface area contributed by atoms with Crippen molar-refractivity contribution in [1.82, 2.24) is 20.1 Å². The van der Waals surface area contributed by atoms with Crippen molar-refractivity contribution < 1.29 is 0 Å². The molecule has 0 saturated heterocycles. The lowest BCUT2D eigenvalue weighted by molar-refractivity contribution is 0.513. The first-order valence-electron chi connectivity index (χ1n) is 6.01. The zero-order valence-electron chi connectivity index (χ0n) is 10.6. The topological polar surface area (TPSA) is 42.7 Å². The monoisotopic (exact) mass is 284 g/mol. The summed E-state index contributed by atoms with van der Waals surface area (Å²) in [4.78, 5) is 5.45. The highest BCUT2D eigenvalue weighted by Gasteiger charge is 2.18. The van der Waals surface area contributed by atoms with Gasteiger partial charge in [0.1, 0.15) is 12.2 Å². The van der Waals surface area contributed by atoms with Crippen LogP contribution in [0.25, 0.3) is 0 Å². The number of rotatable bonds is 6. The van der Waals surface area contributed by atoms with Crippen molar-refractivity contribution in [3.05, 3.63) is 33.5 Å². The summed E-state index contributed by atoms with van der Waals surface area (Å²) < 4.78 is 1.81. The van der Waals surface area contributed by atoms with Crippen LogP contribution >= 0.6 is 22.9 Å². The van der Waals surface area contributed by atoms with Crippen LogP contribution in [0.4, 0.5) is 0 Å². The molecule has 1 atom stereocenters. The fourth-order valence-corrected chi connectivity index (χ4v) is 3.08. The second-order valence-corrected chi connectivity index (χ2v) is 5.50. The van der Waals surface area contributed by atoms with Gasteiger partial charge in [0.2, 0.25) is 0 Å². The van der Waals surface area contributed by atoms with E-state index in [1.807, 2.05) is 23.2 Å². The van der Waals surface area contributed by atoms with Gasteiger partial charge >= 0.3 is 0 Å². The Morgan fingerprint density at radius 1 is 1.56 bits per heavy atom. The van der Waals surface area contributed by atoms with Crippen molar-refractivity contribution in [3.63, 3.8) is 0 Å². The van der Waals surface area contributed by atoms with Gasteiger partial charge in [-0.25, -0.2) is 4.98 Å². The molecule has 0 spiro atoms. The van der Waals surface area contributed by atoms with E-state index < -0.39 is 0 Å². The van der Waals surface area contributed by atoms with Crippen molar-refractivity contribution in [2.24, 2.45) is 7.05 Å². The summed E-state index contributed by atoms with van der Waals surface area (Å²) >= 11 is 7.90. The maximum atomic E-state index is 6.22. The predicted molar refractivity (Wildman–Crippen MR) is 75.1 cm³/mol. The Bertz CT molecular complexity index is 494. The van der Waals surface area contributed by atoms with Gasteiger partial charge in [-0.3, -0.25) is 4.68 Å². The zero-order chi connectivity index (χ0) is 13.0. The molecule has 0 bridgehead atoms. The molecule has 0 amide bonds. The fraction of sp³-hybridized carbons (Fsp3) is 0.500. The summed E-state index contributed by atoms with van der Waals surface area (Å²) in [5.41, 5.74) is 0. The van der Waals surface area contributed by atoms with Crippen LogP contribution in [0.1, 0.15) is 30.1 Å². The molecule has 1 unspecified atom stereocenters. The largest absolute Gasteiger partial charge is 0.309 e. The summed E-state index contributed by atoms with van der Waals surface area (Å²) in [5, 5.41) is 10.5. The van der Waals surface area contributed by atoms with Crippen molar-refractivity contribution >= 4 is 22.9 Å². The van der Waals surface area contributed by atoms with Crippen molar-refractivity contribution in [1.29, 1.82) is 0 Å². The third-order valence-electron chi connectivity index (χ3n) is 2.79. The van der Waals surface area contributed by atoms with Crippen LogP contribution in [0.5, 0.6) is 0 Å². The summed E-state index contributed by atoms with van der Waals surface area (Å²) in [6.07, 6.45) is 3.48. The lowest BCUT2D eigenvalue weighted by Gasteiger charge is -2.17. The molecule has 2 rings (SSSR count). The summed E-state index contributed by atoms with van der Waals surface area (Å²) in [5.74, 6) is 0.966. The lowest BCUT2D eigenvalue weighted by atomic mass is 10.1. The average molecular weight is 285 g/mol. The van der Waals surface area contributed by atoms with Crippen molar-refractivity contribution in [2.45, 2.75) is 25.8 Å². The molecule has 18 heavy (non-hydrogen) atoms. The molecule has 0 radical (unpaired) electrons. The number of thiophene rings is 1. The summed E-state index contributed by atoms with van der Waals surface area (Å²) in [7, 11) is 1.91. The fourth-order valence-electron chi connectivity index (χ4n) is 1.82. The number of hydrogen-bond acceptors (Lipinski definition) is 4. The van der Waals surface area contributed by atoms with Gasteiger partial charge in [-0.05, 0) is 24.4 Å². The first-order valence-corrected chi connectivity index (χ1v) is 7.27. The Morgan fingerprint density at radius 3 is 2.94 bits per heavy atom. The van der Waals surface area contributed by atoms with Crippen LogP contribution in [0.2, 0.25) is 5.02 Å². The van der Waals surface area contributed by atoms with E-state index in [0.717, 1.165) is 30.2 Å². The molecule has 0 aliphatic carbocycles. The van der Waals surface area contributed by atoms with E-state index in [2.05, 4.69) is 22.3 Å². The maximum absolute atomic E-state index is 6.22. The Morgan fingerprint density at radius 2 is 2.39 bits per heavy atom. The SMILES string of the molecule is CCCNC(Cc1ncnn1C)c1sccc1Cl. The van der Waals surface area contributed by atoms with Crippen LogP contribution in [-0.2, 0) is 13.5 Å². The second kappa shape index (κ2) is 6.31. The first-order chi connectivity index (χ1) is 8.72. The predicted octanol–water partition coefficient (Wildman–Crippen LogP) is 2.81. The molecule has 4 nitrogen and oxygen atoms in total. The minimum Gasteiger partial charge on any atom is -0.309 e. The minimum atomic E-state index is 0.209. The third-order valence-corrected chi connectivity index (χ3v) is 4.27. The summed E-state index contributed by atoms with van der Waals surface area (Å²) in [6.45, 7) is 3.12. The molecule has 0 aromatic carbocycles. The smallest absolute Gasteiger partial charge is 0.138 e. The average Bonchev–Trinajstić information content (AvgIpc) is 2.94. The Balaban J connectivity index is 2.15. The highest BCUT2D eigenvalue weighted by atomic mass is 35.5. The van der Waals surface area contributed by atoms with E-state index in [9.17, 15) is 0 Å². The molecule has 6 heteroatoms. The number of aromatic nitrogens is 3. The Labute approximate surface area is 116 Å². The Kier molecular flexibility index (Phi) is 4.74. The highest BCUT2D eigenvalue weighted by molar-refractivity contribution is 7.10. The van der Waals surface area contributed by atoms with Gasteiger partial charge in [-0.1, -0.05) is 18.5 Å². The van der Waals surface area contributed by atoms with Gasteiger partial charge in [0, 0.05) is 18.3 Å². The van der Waals surface area contributed by atoms with E-state index in [4.69, 9.17) is 11.6 Å². The first kappa shape index (κ1) is 13.5. The summed E-state index contributed by atoms with van der Waals surface area (Å²) in [6, 6.07) is 2.15. The van der Waals surface area contributed by atoms with Crippen molar-refractivity contribution in [2.75, 3.05) is 6.54 Å². The number of hydrogen-bond donors (Lipinski definition) is 1. The van der Waals surface area contributed by atoms with Gasteiger partial charge in [-0.15, -0.1) is 11.3 Å².